The molecule has 0 heterocycles. The predicted molar refractivity (Wildman–Crippen MR) is 88.7 cm³/mol. The molecule has 0 unspecified atom stereocenters. The van der Waals surface area contributed by atoms with E-state index in [4.69, 9.17) is 4.74 Å². The van der Waals surface area contributed by atoms with Gasteiger partial charge in [0.15, 0.2) is 0 Å². The third-order valence-corrected chi connectivity index (χ3v) is 4.15. The summed E-state index contributed by atoms with van der Waals surface area (Å²) in [6.45, 7) is 0. The quantitative estimate of drug-likeness (QED) is 0.577. The van der Waals surface area contributed by atoms with Crippen LogP contribution < -0.4 is 4.74 Å². The monoisotopic (exact) mass is 360 g/mol. The van der Waals surface area contributed by atoms with E-state index in [9.17, 15) is 0 Å². The van der Waals surface area contributed by atoms with Gasteiger partial charge >= 0.3 is 0 Å². The van der Waals surface area contributed by atoms with Gasteiger partial charge in [0.05, 0.1) is 7.11 Å². The Hall–Kier alpha value is -1.55. The fourth-order valence-electron chi connectivity index (χ4n) is 2.39. The number of halogens is 1. The Morgan fingerprint density at radius 1 is 0.789 bits per heavy atom. The van der Waals surface area contributed by atoms with Gasteiger partial charge < -0.3 is 4.74 Å². The Balaban J connectivity index is 2.37. The van der Waals surface area contributed by atoms with Crippen LogP contribution in [0.1, 0.15) is 0 Å². The summed E-state index contributed by atoms with van der Waals surface area (Å²) in [7, 11) is 1.72. The number of para-hydroxylation sites is 1. The van der Waals surface area contributed by atoms with E-state index >= 15 is 0 Å². The highest BCUT2D eigenvalue weighted by molar-refractivity contribution is 14.1. The summed E-state index contributed by atoms with van der Waals surface area (Å²) in [6, 6.07) is 20.9. The summed E-state index contributed by atoms with van der Waals surface area (Å²) in [5, 5.41) is 2.55. The maximum atomic E-state index is 5.49. The van der Waals surface area contributed by atoms with Gasteiger partial charge in [-0.2, -0.15) is 0 Å². The van der Waals surface area contributed by atoms with E-state index in [1.807, 2.05) is 18.2 Å². The molecule has 0 fully saturated rings. The number of benzene rings is 3. The van der Waals surface area contributed by atoms with Gasteiger partial charge in [-0.15, -0.1) is 0 Å². The molecule has 3 rings (SSSR count). The molecule has 0 spiro atoms. The van der Waals surface area contributed by atoms with E-state index in [1.54, 1.807) is 7.11 Å². The predicted octanol–water partition coefficient (Wildman–Crippen LogP) is 5.12. The van der Waals surface area contributed by atoms with Crippen LogP contribution in [0.4, 0.5) is 0 Å². The zero-order chi connectivity index (χ0) is 13.2. The van der Waals surface area contributed by atoms with Crippen LogP contribution in [-0.2, 0) is 0 Å². The van der Waals surface area contributed by atoms with E-state index < -0.39 is 0 Å². The molecule has 0 bridgehead atoms. The second-order valence-corrected chi connectivity index (χ2v) is 5.51. The molecule has 0 saturated carbocycles. The minimum atomic E-state index is 0.912. The SMILES string of the molecule is COc1ccccc1-c1cccc2cccc(I)c12. The molecule has 94 valence electrons. The van der Waals surface area contributed by atoms with Gasteiger partial charge in [0.25, 0.3) is 0 Å². The second kappa shape index (κ2) is 5.21. The first-order chi connectivity index (χ1) is 9.31. The standard InChI is InChI=1S/C17H13IO/c1-19-16-11-3-2-8-13(16)14-9-4-6-12-7-5-10-15(18)17(12)14/h2-11H,1H3. The van der Waals surface area contributed by atoms with E-state index in [1.165, 1.54) is 19.9 Å². The van der Waals surface area contributed by atoms with Crippen molar-refractivity contribution in [1.29, 1.82) is 0 Å². The Labute approximate surface area is 126 Å². The molecule has 0 N–H and O–H groups in total. The lowest BCUT2D eigenvalue weighted by Gasteiger charge is -2.12. The highest BCUT2D eigenvalue weighted by Gasteiger charge is 2.10. The lowest BCUT2D eigenvalue weighted by molar-refractivity contribution is 0.416. The average Bonchev–Trinajstić information content (AvgIpc) is 2.47. The number of ether oxygens (including phenoxy) is 1. The van der Waals surface area contributed by atoms with Crippen LogP contribution in [0.3, 0.4) is 0 Å². The van der Waals surface area contributed by atoms with Gasteiger partial charge in [-0.05, 0) is 45.7 Å². The minimum Gasteiger partial charge on any atom is -0.496 e. The third kappa shape index (κ3) is 2.21. The first kappa shape index (κ1) is 12.5. The lowest BCUT2D eigenvalue weighted by Crippen LogP contribution is -1.89. The molecule has 0 aliphatic carbocycles. The second-order valence-electron chi connectivity index (χ2n) is 4.34. The summed E-state index contributed by atoms with van der Waals surface area (Å²) >= 11 is 2.39. The summed E-state index contributed by atoms with van der Waals surface area (Å²) < 4.78 is 6.75. The largest absolute Gasteiger partial charge is 0.496 e. The first-order valence-corrected chi connectivity index (χ1v) is 7.20. The average molecular weight is 360 g/mol. The Morgan fingerprint density at radius 3 is 2.26 bits per heavy atom. The molecule has 0 amide bonds. The molecule has 3 aromatic rings. The fourth-order valence-corrected chi connectivity index (χ4v) is 3.20. The van der Waals surface area contributed by atoms with E-state index in [0.717, 1.165) is 11.3 Å². The first-order valence-electron chi connectivity index (χ1n) is 6.12. The van der Waals surface area contributed by atoms with Crippen molar-refractivity contribution in [3.8, 4) is 16.9 Å². The molecule has 0 atom stereocenters. The number of hydrogen-bond acceptors (Lipinski definition) is 1. The van der Waals surface area contributed by atoms with Crippen molar-refractivity contribution in [2.75, 3.05) is 7.11 Å². The molecule has 0 aromatic heterocycles. The topological polar surface area (TPSA) is 9.23 Å². The maximum Gasteiger partial charge on any atom is 0.126 e. The summed E-state index contributed by atoms with van der Waals surface area (Å²) in [4.78, 5) is 0. The Bertz CT molecular complexity index is 729. The zero-order valence-corrected chi connectivity index (χ0v) is 12.7. The fraction of sp³-hybridized carbons (Fsp3) is 0.0588. The van der Waals surface area contributed by atoms with Crippen molar-refractivity contribution in [1.82, 2.24) is 0 Å². The molecular weight excluding hydrogens is 347 g/mol. The number of hydrogen-bond donors (Lipinski definition) is 0. The molecule has 0 radical (unpaired) electrons. The number of methoxy groups -OCH3 is 1. The van der Waals surface area contributed by atoms with E-state index in [0.29, 0.717) is 0 Å². The molecular formula is C17H13IO. The maximum absolute atomic E-state index is 5.49. The Kier molecular flexibility index (Phi) is 3.42. The van der Waals surface area contributed by atoms with Crippen LogP contribution in [0, 0.1) is 3.57 Å². The van der Waals surface area contributed by atoms with Crippen molar-refractivity contribution in [3.05, 3.63) is 64.2 Å². The van der Waals surface area contributed by atoms with Gasteiger partial charge in [0.2, 0.25) is 0 Å². The van der Waals surface area contributed by atoms with Crippen LogP contribution in [0.25, 0.3) is 21.9 Å². The van der Waals surface area contributed by atoms with Crippen LogP contribution in [0.15, 0.2) is 60.7 Å². The molecule has 1 nitrogen and oxygen atoms in total. The summed E-state index contributed by atoms with van der Waals surface area (Å²) in [6.07, 6.45) is 0. The van der Waals surface area contributed by atoms with Crippen LogP contribution in [0.5, 0.6) is 5.75 Å². The van der Waals surface area contributed by atoms with Gasteiger partial charge in [-0.25, -0.2) is 0 Å². The molecule has 2 heteroatoms. The van der Waals surface area contributed by atoms with Gasteiger partial charge in [0.1, 0.15) is 5.75 Å². The normalized spacial score (nSPS) is 10.6. The molecule has 0 saturated heterocycles. The van der Waals surface area contributed by atoms with Gasteiger partial charge in [-0.1, -0.05) is 48.5 Å². The summed E-state index contributed by atoms with van der Waals surface area (Å²) in [5.74, 6) is 0.912. The van der Waals surface area contributed by atoms with Crippen LogP contribution in [-0.4, -0.2) is 7.11 Å². The van der Waals surface area contributed by atoms with Crippen molar-refractivity contribution >= 4 is 33.4 Å². The van der Waals surface area contributed by atoms with Gasteiger partial charge in [0, 0.05) is 14.5 Å². The molecule has 19 heavy (non-hydrogen) atoms. The van der Waals surface area contributed by atoms with Crippen LogP contribution in [0.2, 0.25) is 0 Å². The summed E-state index contributed by atoms with van der Waals surface area (Å²) in [5.41, 5.74) is 2.36. The Morgan fingerprint density at radius 2 is 1.47 bits per heavy atom. The zero-order valence-electron chi connectivity index (χ0n) is 10.6. The molecule has 3 aromatic carbocycles. The van der Waals surface area contributed by atoms with E-state index in [2.05, 4.69) is 65.1 Å². The highest BCUT2D eigenvalue weighted by atomic mass is 127. The molecule has 0 aliphatic heterocycles. The molecule has 0 aliphatic rings. The van der Waals surface area contributed by atoms with Crippen molar-refractivity contribution in [2.45, 2.75) is 0 Å². The lowest BCUT2D eigenvalue weighted by atomic mass is 9.98. The number of fused-ring (bicyclic) bond motifs is 1. The van der Waals surface area contributed by atoms with E-state index in [-0.39, 0.29) is 0 Å². The third-order valence-electron chi connectivity index (χ3n) is 3.25. The smallest absolute Gasteiger partial charge is 0.126 e. The van der Waals surface area contributed by atoms with Gasteiger partial charge in [-0.3, -0.25) is 0 Å². The van der Waals surface area contributed by atoms with Crippen molar-refractivity contribution in [2.24, 2.45) is 0 Å². The minimum absolute atomic E-state index is 0.912. The number of rotatable bonds is 2. The van der Waals surface area contributed by atoms with Crippen LogP contribution >= 0.6 is 22.6 Å². The van der Waals surface area contributed by atoms with Crippen molar-refractivity contribution < 1.29 is 4.74 Å². The van der Waals surface area contributed by atoms with Crippen molar-refractivity contribution in [3.63, 3.8) is 0 Å². The highest BCUT2D eigenvalue weighted by Crippen LogP contribution is 2.36.